The van der Waals surface area contributed by atoms with Gasteiger partial charge in [0.05, 0.1) is 0 Å². The Kier molecular flexibility index (Phi) is 5.18. The molecule has 0 aromatic heterocycles. The molecule has 0 bridgehead atoms. The van der Waals surface area contributed by atoms with Crippen molar-refractivity contribution in [1.82, 2.24) is 0 Å². The topological polar surface area (TPSA) is 18.5 Å². The van der Waals surface area contributed by atoms with Gasteiger partial charge in [-0.2, -0.15) is 0 Å². The highest BCUT2D eigenvalue weighted by atomic mass is 16.5. The molecule has 0 N–H and O–H groups in total. The molecule has 2 aliphatic heterocycles. The smallest absolute Gasteiger partial charge is 0.135 e. The molecule has 2 heterocycles. The molecule has 0 amide bonds. The molecule has 0 spiro atoms. The Balaban J connectivity index is 0.000000119. The van der Waals surface area contributed by atoms with E-state index in [-0.39, 0.29) is 0 Å². The lowest BCUT2D eigenvalue weighted by Crippen LogP contribution is -2.04. The fourth-order valence-corrected chi connectivity index (χ4v) is 7.42. The molecular formula is C40H28O2. The third-order valence-corrected chi connectivity index (χ3v) is 9.14. The summed E-state index contributed by atoms with van der Waals surface area (Å²) in [6.45, 7) is 1.34. The Labute approximate surface area is 245 Å². The van der Waals surface area contributed by atoms with Crippen LogP contribution in [0.5, 0.6) is 11.5 Å². The molecule has 200 valence electrons. The van der Waals surface area contributed by atoms with Crippen LogP contribution in [0.1, 0.15) is 33.4 Å². The van der Waals surface area contributed by atoms with Crippen LogP contribution in [0.2, 0.25) is 0 Å². The van der Waals surface area contributed by atoms with E-state index in [0.29, 0.717) is 13.2 Å². The maximum Gasteiger partial charge on any atom is 0.135 e. The second-order valence-electron chi connectivity index (χ2n) is 11.4. The zero-order valence-electron chi connectivity index (χ0n) is 23.2. The van der Waals surface area contributed by atoms with Gasteiger partial charge < -0.3 is 9.47 Å². The second-order valence-corrected chi connectivity index (χ2v) is 11.4. The monoisotopic (exact) mass is 540 g/mol. The Hall–Kier alpha value is -5.08. The number of ether oxygens (including phenoxy) is 2. The molecule has 2 heteroatoms. The van der Waals surface area contributed by atoms with E-state index in [4.69, 9.17) is 9.47 Å². The van der Waals surface area contributed by atoms with E-state index in [1.165, 1.54) is 77.2 Å². The van der Waals surface area contributed by atoms with Crippen LogP contribution in [-0.4, -0.2) is 13.2 Å². The average Bonchev–Trinajstić information content (AvgIpc) is 3.65. The molecular weight excluding hydrogens is 512 g/mol. The van der Waals surface area contributed by atoms with Crippen LogP contribution in [-0.2, 0) is 12.8 Å². The van der Waals surface area contributed by atoms with Gasteiger partial charge >= 0.3 is 0 Å². The van der Waals surface area contributed by atoms with E-state index in [1.54, 1.807) is 0 Å². The lowest BCUT2D eigenvalue weighted by atomic mass is 9.92. The van der Waals surface area contributed by atoms with Crippen LogP contribution < -0.4 is 9.47 Å². The first-order valence-electron chi connectivity index (χ1n) is 14.8. The standard InChI is InChI=1S/2C20H14O/c1-2-7-14-13(6-1)12-18-17-10-5-11-21-20(17)16-9-4-3-8-15(16)19(14)18;1-2-7-14-13(6-1)12-18-19(14)16-9-4-3-8-15(16)17-10-5-11-21-20(17)18/h2*1-10H,11-12H2. The Morgan fingerprint density at radius 2 is 0.929 bits per heavy atom. The molecule has 0 radical (unpaired) electrons. The van der Waals surface area contributed by atoms with Gasteiger partial charge in [-0.3, -0.25) is 0 Å². The van der Waals surface area contributed by atoms with Crippen molar-refractivity contribution < 1.29 is 9.47 Å². The van der Waals surface area contributed by atoms with Crippen LogP contribution in [0.4, 0.5) is 0 Å². The van der Waals surface area contributed by atoms with Crippen LogP contribution in [0.3, 0.4) is 0 Å². The molecule has 0 fully saturated rings. The van der Waals surface area contributed by atoms with Gasteiger partial charge in [0, 0.05) is 28.5 Å². The molecule has 4 aliphatic rings. The second kappa shape index (κ2) is 9.22. The van der Waals surface area contributed by atoms with E-state index in [0.717, 1.165) is 24.3 Å². The van der Waals surface area contributed by atoms with Crippen molar-refractivity contribution in [1.29, 1.82) is 0 Å². The molecule has 0 saturated heterocycles. The number of hydrogen-bond acceptors (Lipinski definition) is 2. The maximum absolute atomic E-state index is 6.02. The molecule has 0 unspecified atom stereocenters. The summed E-state index contributed by atoms with van der Waals surface area (Å²) in [5.74, 6) is 2.14. The molecule has 2 nitrogen and oxygen atoms in total. The zero-order chi connectivity index (χ0) is 27.6. The van der Waals surface area contributed by atoms with Crippen molar-refractivity contribution in [3.63, 3.8) is 0 Å². The highest BCUT2D eigenvalue weighted by molar-refractivity contribution is 6.08. The van der Waals surface area contributed by atoms with Crippen LogP contribution in [0, 0.1) is 0 Å². The van der Waals surface area contributed by atoms with Crippen molar-refractivity contribution in [2.45, 2.75) is 12.8 Å². The van der Waals surface area contributed by atoms with E-state index >= 15 is 0 Å². The summed E-state index contributed by atoms with van der Waals surface area (Å²) in [7, 11) is 0. The first kappa shape index (κ1) is 23.6. The maximum atomic E-state index is 6.02. The van der Waals surface area contributed by atoms with Gasteiger partial charge in [0.15, 0.2) is 0 Å². The predicted octanol–water partition coefficient (Wildman–Crippen LogP) is 9.63. The third-order valence-electron chi connectivity index (χ3n) is 9.14. The van der Waals surface area contributed by atoms with Gasteiger partial charge in [0.1, 0.15) is 24.7 Å². The summed E-state index contributed by atoms with van der Waals surface area (Å²) in [5.41, 5.74) is 13.6. The van der Waals surface area contributed by atoms with Gasteiger partial charge in [0.25, 0.3) is 0 Å². The summed E-state index contributed by atoms with van der Waals surface area (Å²) in [6.07, 6.45) is 10.6. The van der Waals surface area contributed by atoms with E-state index in [2.05, 4.69) is 121 Å². The van der Waals surface area contributed by atoms with Crippen molar-refractivity contribution in [2.24, 2.45) is 0 Å². The van der Waals surface area contributed by atoms with Gasteiger partial charge in [-0.15, -0.1) is 0 Å². The van der Waals surface area contributed by atoms with Gasteiger partial charge in [-0.1, -0.05) is 109 Å². The van der Waals surface area contributed by atoms with Crippen LogP contribution in [0.25, 0.3) is 56.0 Å². The van der Waals surface area contributed by atoms with Crippen LogP contribution in [0.15, 0.2) is 109 Å². The number of hydrogen-bond donors (Lipinski definition) is 0. The summed E-state index contributed by atoms with van der Waals surface area (Å²) in [6, 6.07) is 34.8. The third kappa shape index (κ3) is 3.39. The minimum Gasteiger partial charge on any atom is -0.489 e. The Bertz CT molecular complexity index is 2150. The van der Waals surface area contributed by atoms with Gasteiger partial charge in [-0.05, 0) is 73.7 Å². The number of fused-ring (bicyclic) bond motifs is 16. The summed E-state index contributed by atoms with van der Waals surface area (Å²) in [5, 5.41) is 5.17. The number of benzene rings is 6. The minimum absolute atomic E-state index is 0.669. The van der Waals surface area contributed by atoms with Crippen molar-refractivity contribution in [3.8, 4) is 33.8 Å². The summed E-state index contributed by atoms with van der Waals surface area (Å²) < 4.78 is 12.0. The summed E-state index contributed by atoms with van der Waals surface area (Å²) >= 11 is 0. The highest BCUT2D eigenvalue weighted by Crippen LogP contribution is 2.50. The largest absolute Gasteiger partial charge is 0.489 e. The first-order valence-corrected chi connectivity index (χ1v) is 14.8. The van der Waals surface area contributed by atoms with Gasteiger partial charge in [0.2, 0.25) is 0 Å². The molecule has 6 aromatic rings. The number of rotatable bonds is 0. The molecule has 0 saturated carbocycles. The molecule has 2 aliphatic carbocycles. The van der Waals surface area contributed by atoms with E-state index in [1.807, 2.05) is 0 Å². The minimum atomic E-state index is 0.669. The fraction of sp³-hybridized carbons (Fsp3) is 0.100. The zero-order valence-corrected chi connectivity index (χ0v) is 23.2. The molecule has 42 heavy (non-hydrogen) atoms. The average molecular weight is 541 g/mol. The first-order chi connectivity index (χ1) is 20.9. The normalized spacial score (nSPS) is 14.5. The Morgan fingerprint density at radius 1 is 0.429 bits per heavy atom. The van der Waals surface area contributed by atoms with Crippen molar-refractivity contribution >= 4 is 33.7 Å². The molecule has 0 atom stereocenters. The lowest BCUT2D eigenvalue weighted by molar-refractivity contribution is 0.356. The van der Waals surface area contributed by atoms with Gasteiger partial charge in [-0.25, -0.2) is 0 Å². The quantitative estimate of drug-likeness (QED) is 0.191. The molecule has 6 aromatic carbocycles. The van der Waals surface area contributed by atoms with E-state index < -0.39 is 0 Å². The Morgan fingerprint density at radius 3 is 1.64 bits per heavy atom. The highest BCUT2D eigenvalue weighted by Gasteiger charge is 2.28. The fourth-order valence-electron chi connectivity index (χ4n) is 7.42. The summed E-state index contributed by atoms with van der Waals surface area (Å²) in [4.78, 5) is 0. The predicted molar refractivity (Wildman–Crippen MR) is 173 cm³/mol. The molecule has 10 rings (SSSR count). The van der Waals surface area contributed by atoms with Crippen LogP contribution >= 0.6 is 0 Å². The SMILES string of the molecule is C1=Cc2c(c3c(c4ccccc24)-c2ccccc2C3)OC1.C1=Cc2c3c(c4ccccc4c2OC1)-c1ccccc1C3. The van der Waals surface area contributed by atoms with Crippen molar-refractivity contribution in [3.05, 3.63) is 143 Å². The van der Waals surface area contributed by atoms with E-state index in [9.17, 15) is 0 Å². The van der Waals surface area contributed by atoms with Crippen molar-refractivity contribution in [2.75, 3.05) is 13.2 Å². The lowest BCUT2D eigenvalue weighted by Gasteiger charge is -2.20.